The van der Waals surface area contributed by atoms with Gasteiger partial charge in [-0.3, -0.25) is 0 Å². The summed E-state index contributed by atoms with van der Waals surface area (Å²) in [7, 11) is -3.61. The lowest BCUT2D eigenvalue weighted by molar-refractivity contribution is 0.552. The minimum absolute atomic E-state index is 0. The van der Waals surface area contributed by atoms with Gasteiger partial charge < -0.3 is 5.32 Å². The third kappa shape index (κ3) is 4.21. The van der Waals surface area contributed by atoms with E-state index in [1.165, 1.54) is 6.07 Å². The van der Waals surface area contributed by atoms with Crippen molar-refractivity contribution in [1.29, 1.82) is 0 Å². The predicted molar refractivity (Wildman–Crippen MR) is 79.9 cm³/mol. The molecule has 1 aromatic carbocycles. The van der Waals surface area contributed by atoms with E-state index in [2.05, 4.69) is 10.0 Å². The molecule has 0 amide bonds. The maximum Gasteiger partial charge on any atom is 0.242 e. The Hall–Kier alpha value is -0.0400. The second-order valence-corrected chi connectivity index (χ2v) is 6.72. The fraction of sp³-hybridized carbons (Fsp3) is 0.455. The highest BCUT2D eigenvalue weighted by Gasteiger charge is 2.22. The van der Waals surface area contributed by atoms with Gasteiger partial charge in [0.25, 0.3) is 0 Å². The second-order valence-electron chi connectivity index (χ2n) is 4.20. The summed E-state index contributed by atoms with van der Waals surface area (Å²) in [4.78, 5) is 0.0228. The Balaban J connectivity index is 0.00000180. The van der Waals surface area contributed by atoms with E-state index in [-0.39, 0.29) is 33.4 Å². The number of hydrogen-bond donors (Lipinski definition) is 2. The molecule has 1 atom stereocenters. The maximum atomic E-state index is 12.1. The quantitative estimate of drug-likeness (QED) is 0.881. The van der Waals surface area contributed by atoms with E-state index in [1.54, 1.807) is 12.1 Å². The van der Waals surface area contributed by atoms with Gasteiger partial charge in [-0.25, -0.2) is 13.1 Å². The summed E-state index contributed by atoms with van der Waals surface area (Å²) in [5, 5.41) is 3.52. The molecule has 2 rings (SSSR count). The molecule has 1 saturated heterocycles. The molecule has 1 aliphatic rings. The van der Waals surface area contributed by atoms with E-state index in [1.807, 2.05) is 0 Å². The molecule has 0 aromatic heterocycles. The SMILES string of the molecule is Cl.O=S(=O)(NCC1CCCN1)c1cccc(Cl)c1Cl. The first-order valence-electron chi connectivity index (χ1n) is 5.68. The van der Waals surface area contributed by atoms with Gasteiger partial charge in [-0.2, -0.15) is 0 Å². The number of sulfonamides is 1. The van der Waals surface area contributed by atoms with Gasteiger partial charge in [0.05, 0.1) is 10.0 Å². The van der Waals surface area contributed by atoms with Crippen LogP contribution < -0.4 is 10.0 Å². The van der Waals surface area contributed by atoms with Gasteiger partial charge in [-0.15, -0.1) is 12.4 Å². The molecular formula is C11H15Cl3N2O2S. The highest BCUT2D eigenvalue weighted by Crippen LogP contribution is 2.28. The number of halogens is 3. The van der Waals surface area contributed by atoms with E-state index >= 15 is 0 Å². The summed E-state index contributed by atoms with van der Waals surface area (Å²) < 4.78 is 26.7. The molecule has 2 N–H and O–H groups in total. The van der Waals surface area contributed by atoms with Gasteiger partial charge in [0, 0.05) is 12.6 Å². The minimum atomic E-state index is -3.61. The van der Waals surface area contributed by atoms with Crippen molar-refractivity contribution in [2.24, 2.45) is 0 Å². The van der Waals surface area contributed by atoms with Crippen molar-refractivity contribution >= 4 is 45.6 Å². The molecular weight excluding hydrogens is 331 g/mol. The fourth-order valence-electron chi connectivity index (χ4n) is 1.91. The van der Waals surface area contributed by atoms with Crippen molar-refractivity contribution < 1.29 is 8.42 Å². The highest BCUT2D eigenvalue weighted by atomic mass is 35.5. The van der Waals surface area contributed by atoms with Crippen molar-refractivity contribution in [1.82, 2.24) is 10.0 Å². The van der Waals surface area contributed by atoms with Gasteiger partial charge >= 0.3 is 0 Å². The summed E-state index contributed by atoms with van der Waals surface area (Å²) in [6.07, 6.45) is 2.05. The summed E-state index contributed by atoms with van der Waals surface area (Å²) in [6, 6.07) is 4.76. The number of benzene rings is 1. The third-order valence-electron chi connectivity index (χ3n) is 2.89. The Bertz CT molecular complexity index is 531. The Morgan fingerprint density at radius 2 is 2.11 bits per heavy atom. The van der Waals surface area contributed by atoms with Crippen molar-refractivity contribution in [3.63, 3.8) is 0 Å². The van der Waals surface area contributed by atoms with Gasteiger partial charge in [0.15, 0.2) is 0 Å². The molecule has 0 bridgehead atoms. The standard InChI is InChI=1S/C11H14Cl2N2O2S.ClH/c12-9-4-1-5-10(11(9)13)18(16,17)15-7-8-3-2-6-14-8;/h1,4-5,8,14-15H,2-3,6-7H2;1H. The topological polar surface area (TPSA) is 58.2 Å². The molecule has 1 heterocycles. The van der Waals surface area contributed by atoms with Crippen LogP contribution in [0.15, 0.2) is 23.1 Å². The van der Waals surface area contributed by atoms with Crippen LogP contribution in [0, 0.1) is 0 Å². The van der Waals surface area contributed by atoms with Crippen LogP contribution in [0.25, 0.3) is 0 Å². The molecule has 1 aliphatic heterocycles. The van der Waals surface area contributed by atoms with Gasteiger partial charge in [0.1, 0.15) is 4.90 Å². The molecule has 0 radical (unpaired) electrons. The van der Waals surface area contributed by atoms with Crippen LogP contribution in [-0.4, -0.2) is 27.5 Å². The van der Waals surface area contributed by atoms with Crippen LogP contribution in [0.4, 0.5) is 0 Å². The largest absolute Gasteiger partial charge is 0.313 e. The predicted octanol–water partition coefficient (Wildman–Crippen LogP) is 2.45. The van der Waals surface area contributed by atoms with Crippen molar-refractivity contribution in [3.05, 3.63) is 28.2 Å². The highest BCUT2D eigenvalue weighted by molar-refractivity contribution is 7.89. The summed E-state index contributed by atoms with van der Waals surface area (Å²) in [5.74, 6) is 0. The Morgan fingerprint density at radius 1 is 1.37 bits per heavy atom. The molecule has 1 fully saturated rings. The van der Waals surface area contributed by atoms with E-state index in [0.717, 1.165) is 19.4 Å². The summed E-state index contributed by atoms with van der Waals surface area (Å²) >= 11 is 11.7. The molecule has 108 valence electrons. The normalized spacial score (nSPS) is 19.2. The molecule has 1 aromatic rings. The van der Waals surface area contributed by atoms with Crippen LogP contribution in [0.1, 0.15) is 12.8 Å². The van der Waals surface area contributed by atoms with Crippen molar-refractivity contribution in [2.45, 2.75) is 23.8 Å². The van der Waals surface area contributed by atoms with Crippen LogP contribution >= 0.6 is 35.6 Å². The molecule has 4 nitrogen and oxygen atoms in total. The van der Waals surface area contributed by atoms with Gasteiger partial charge in [-0.05, 0) is 31.5 Å². The summed E-state index contributed by atoms with van der Waals surface area (Å²) in [5.41, 5.74) is 0. The van der Waals surface area contributed by atoms with Gasteiger partial charge in [0.2, 0.25) is 10.0 Å². The lowest BCUT2D eigenvalue weighted by Crippen LogP contribution is -2.37. The first-order chi connectivity index (χ1) is 8.50. The molecule has 19 heavy (non-hydrogen) atoms. The number of nitrogens with one attached hydrogen (secondary N) is 2. The van der Waals surface area contributed by atoms with Crippen LogP contribution in [0.2, 0.25) is 10.0 Å². The smallest absolute Gasteiger partial charge is 0.242 e. The van der Waals surface area contributed by atoms with E-state index in [4.69, 9.17) is 23.2 Å². The summed E-state index contributed by atoms with van der Waals surface area (Å²) in [6.45, 7) is 1.30. The van der Waals surface area contributed by atoms with Crippen molar-refractivity contribution in [2.75, 3.05) is 13.1 Å². The monoisotopic (exact) mass is 344 g/mol. The molecule has 8 heteroatoms. The minimum Gasteiger partial charge on any atom is -0.313 e. The zero-order chi connectivity index (χ0) is 13.2. The lowest BCUT2D eigenvalue weighted by Gasteiger charge is -2.13. The molecule has 0 aliphatic carbocycles. The van der Waals surface area contributed by atoms with Crippen LogP contribution in [-0.2, 0) is 10.0 Å². The maximum absolute atomic E-state index is 12.1. The fourth-order valence-corrected chi connectivity index (χ4v) is 3.75. The van der Waals surface area contributed by atoms with Gasteiger partial charge in [-0.1, -0.05) is 29.3 Å². The van der Waals surface area contributed by atoms with Crippen LogP contribution in [0.3, 0.4) is 0 Å². The van der Waals surface area contributed by atoms with Crippen LogP contribution in [0.5, 0.6) is 0 Å². The number of rotatable bonds is 4. The zero-order valence-electron chi connectivity index (χ0n) is 10.0. The van der Waals surface area contributed by atoms with E-state index in [0.29, 0.717) is 6.54 Å². The zero-order valence-corrected chi connectivity index (χ0v) is 13.2. The third-order valence-corrected chi connectivity index (χ3v) is 5.28. The molecule has 0 spiro atoms. The van der Waals surface area contributed by atoms with E-state index < -0.39 is 10.0 Å². The second kappa shape index (κ2) is 7.11. The first-order valence-corrected chi connectivity index (χ1v) is 7.91. The average molecular weight is 346 g/mol. The Labute approximate surface area is 129 Å². The molecule has 1 unspecified atom stereocenters. The van der Waals surface area contributed by atoms with E-state index in [9.17, 15) is 8.42 Å². The average Bonchev–Trinajstić information content (AvgIpc) is 2.83. The van der Waals surface area contributed by atoms with Crippen molar-refractivity contribution in [3.8, 4) is 0 Å². The molecule has 0 saturated carbocycles. The first kappa shape index (κ1) is 17.0. The Morgan fingerprint density at radius 3 is 2.74 bits per heavy atom. The number of hydrogen-bond acceptors (Lipinski definition) is 3. The Kier molecular flexibility index (Phi) is 6.36. The lowest BCUT2D eigenvalue weighted by atomic mass is 10.2.